The van der Waals surface area contributed by atoms with E-state index in [1.165, 1.54) is 43.3 Å². The van der Waals surface area contributed by atoms with Crippen LogP contribution in [-0.2, 0) is 0 Å². The Morgan fingerprint density at radius 3 is 2.60 bits per heavy atom. The van der Waals surface area contributed by atoms with Crippen molar-refractivity contribution in [2.75, 3.05) is 0 Å². The Hall–Kier alpha value is -0.900. The van der Waals surface area contributed by atoms with Crippen LogP contribution in [0.25, 0.3) is 0 Å². The van der Waals surface area contributed by atoms with Gasteiger partial charge in [0.1, 0.15) is 0 Å². The molecule has 6 atom stereocenters. The summed E-state index contributed by atoms with van der Waals surface area (Å²) in [4.78, 5) is 0. The fourth-order valence-corrected chi connectivity index (χ4v) is 6.58. The second kappa shape index (κ2) is 9.30. The molecule has 30 heavy (non-hydrogen) atoms. The van der Waals surface area contributed by atoms with Crippen LogP contribution >= 0.6 is 0 Å². The van der Waals surface area contributed by atoms with Gasteiger partial charge in [0.15, 0.2) is 0 Å². The second-order valence-corrected chi connectivity index (χ2v) is 11.3. The molecule has 3 rings (SSSR count). The van der Waals surface area contributed by atoms with E-state index in [2.05, 4.69) is 32.6 Å². The van der Waals surface area contributed by atoms with Gasteiger partial charge in [-0.2, -0.15) is 0 Å². The van der Waals surface area contributed by atoms with Gasteiger partial charge in [-0.15, -0.1) is 0 Å². The van der Waals surface area contributed by atoms with Crippen LogP contribution in [0.3, 0.4) is 0 Å². The molecule has 0 radical (unpaired) electrons. The minimum absolute atomic E-state index is 0.215. The maximum absolute atomic E-state index is 10.3. The zero-order chi connectivity index (χ0) is 22.1. The third kappa shape index (κ3) is 5.11. The lowest BCUT2D eigenvalue weighted by atomic mass is 9.60. The Balaban J connectivity index is 1.69. The summed E-state index contributed by atoms with van der Waals surface area (Å²) in [5.74, 6) is 1.89. The van der Waals surface area contributed by atoms with Crippen LogP contribution in [0.1, 0.15) is 91.9 Å². The molecule has 3 aliphatic carbocycles. The summed E-state index contributed by atoms with van der Waals surface area (Å²) in [5, 5.41) is 30.3. The molecule has 3 N–H and O–H groups in total. The van der Waals surface area contributed by atoms with Crippen LogP contribution in [0, 0.1) is 23.2 Å². The molecule has 0 aromatic rings. The van der Waals surface area contributed by atoms with Gasteiger partial charge in [0.2, 0.25) is 0 Å². The lowest BCUT2D eigenvalue weighted by Gasteiger charge is -2.44. The lowest BCUT2D eigenvalue weighted by Crippen LogP contribution is -2.38. The Bertz CT molecular complexity index is 683. The molecule has 3 saturated carbocycles. The van der Waals surface area contributed by atoms with Gasteiger partial charge in [-0.3, -0.25) is 0 Å². The van der Waals surface area contributed by atoms with E-state index in [0.29, 0.717) is 29.6 Å². The lowest BCUT2D eigenvalue weighted by molar-refractivity contribution is -0.0554. The van der Waals surface area contributed by atoms with E-state index in [4.69, 9.17) is 0 Å². The number of aliphatic hydroxyl groups is 3. The number of fused-ring (bicyclic) bond motifs is 1. The maximum Gasteiger partial charge on any atom is 0.0849 e. The van der Waals surface area contributed by atoms with Crippen LogP contribution in [-0.4, -0.2) is 33.1 Å². The first-order valence-corrected chi connectivity index (χ1v) is 12.2. The van der Waals surface area contributed by atoms with E-state index < -0.39 is 11.7 Å². The topological polar surface area (TPSA) is 60.7 Å². The highest BCUT2D eigenvalue weighted by Gasteiger charge is 2.50. The minimum atomic E-state index is -1.02. The van der Waals surface area contributed by atoms with Gasteiger partial charge in [0.25, 0.3) is 0 Å². The zero-order valence-corrected chi connectivity index (χ0v) is 19.7. The van der Waals surface area contributed by atoms with Gasteiger partial charge in [-0.25, -0.2) is 0 Å². The van der Waals surface area contributed by atoms with Gasteiger partial charge < -0.3 is 15.3 Å². The fourth-order valence-electron chi connectivity index (χ4n) is 6.58. The Morgan fingerprint density at radius 1 is 1.17 bits per heavy atom. The molecule has 0 aromatic carbocycles. The van der Waals surface area contributed by atoms with E-state index in [1.54, 1.807) is 19.4 Å². The smallest absolute Gasteiger partial charge is 0.0849 e. The summed E-state index contributed by atoms with van der Waals surface area (Å²) < 4.78 is 0. The van der Waals surface area contributed by atoms with E-state index in [9.17, 15) is 15.3 Å². The van der Waals surface area contributed by atoms with Crippen molar-refractivity contribution in [3.05, 3.63) is 35.5 Å². The van der Waals surface area contributed by atoms with Gasteiger partial charge in [0, 0.05) is 0 Å². The molecule has 3 aliphatic rings. The number of allylic oxidation sites excluding steroid dienone is 4. The van der Waals surface area contributed by atoms with Crippen LogP contribution in [0.4, 0.5) is 0 Å². The highest BCUT2D eigenvalue weighted by atomic mass is 16.3. The first-order chi connectivity index (χ1) is 14.0. The quantitative estimate of drug-likeness (QED) is 0.520. The van der Waals surface area contributed by atoms with Crippen molar-refractivity contribution < 1.29 is 15.3 Å². The van der Waals surface area contributed by atoms with E-state index in [0.717, 1.165) is 25.7 Å². The Kier molecular flexibility index (Phi) is 7.37. The number of aliphatic hydroxyl groups excluding tert-OH is 2. The molecule has 3 fully saturated rings. The molecule has 0 saturated heterocycles. The first kappa shape index (κ1) is 23.8. The molecule has 0 spiro atoms. The third-order valence-electron chi connectivity index (χ3n) is 8.62. The average Bonchev–Trinajstić information content (AvgIpc) is 3.03. The molecule has 0 heterocycles. The van der Waals surface area contributed by atoms with Crippen molar-refractivity contribution >= 4 is 0 Å². The minimum Gasteiger partial charge on any atom is -0.393 e. The monoisotopic (exact) mass is 416 g/mol. The van der Waals surface area contributed by atoms with Crippen molar-refractivity contribution in [2.24, 2.45) is 23.2 Å². The fraction of sp³-hybridized carbons (Fsp3) is 0.778. The third-order valence-corrected chi connectivity index (χ3v) is 8.62. The van der Waals surface area contributed by atoms with Gasteiger partial charge >= 0.3 is 0 Å². The molecule has 3 unspecified atom stereocenters. The zero-order valence-electron chi connectivity index (χ0n) is 19.7. The van der Waals surface area contributed by atoms with Crippen LogP contribution < -0.4 is 0 Å². The second-order valence-electron chi connectivity index (χ2n) is 11.3. The van der Waals surface area contributed by atoms with Crippen molar-refractivity contribution in [3.63, 3.8) is 0 Å². The molecule has 0 amide bonds. The van der Waals surface area contributed by atoms with Crippen LogP contribution in [0.5, 0.6) is 0 Å². The summed E-state index contributed by atoms with van der Waals surface area (Å²) in [6.45, 7) is 12.5. The summed E-state index contributed by atoms with van der Waals surface area (Å²) in [6, 6.07) is 0. The van der Waals surface area contributed by atoms with E-state index in [1.807, 2.05) is 0 Å². The van der Waals surface area contributed by atoms with Crippen LogP contribution in [0.2, 0.25) is 0 Å². The average molecular weight is 417 g/mol. The van der Waals surface area contributed by atoms with Crippen molar-refractivity contribution in [1.29, 1.82) is 0 Å². The molecule has 0 aromatic heterocycles. The Labute approximate surface area is 184 Å². The molecule has 3 heteroatoms. The predicted octanol–water partition coefficient (Wildman–Crippen LogP) is 5.70. The van der Waals surface area contributed by atoms with E-state index >= 15 is 0 Å². The first-order valence-electron chi connectivity index (χ1n) is 12.2. The molecular formula is C27H44O3. The molecule has 170 valence electrons. The molecule has 0 aliphatic heterocycles. The summed E-state index contributed by atoms with van der Waals surface area (Å²) >= 11 is 0. The summed E-state index contributed by atoms with van der Waals surface area (Å²) in [6.07, 6.45) is 14.1. The van der Waals surface area contributed by atoms with Crippen LogP contribution in [0.15, 0.2) is 35.5 Å². The van der Waals surface area contributed by atoms with Gasteiger partial charge in [-0.1, -0.05) is 43.7 Å². The molecular weight excluding hydrogens is 372 g/mol. The van der Waals surface area contributed by atoms with Crippen molar-refractivity contribution in [1.82, 2.24) is 0 Å². The van der Waals surface area contributed by atoms with Gasteiger partial charge in [0.05, 0.1) is 17.8 Å². The number of rotatable bonds is 6. The van der Waals surface area contributed by atoms with Gasteiger partial charge in [-0.05, 0) is 107 Å². The molecule has 3 nitrogen and oxygen atoms in total. The molecule has 0 bridgehead atoms. The standard InChI is InChI=1S/C27H44O3/c1-18-8-12-22(28)17-21(18)11-10-20-7-6-16-27(5)23(13-14-24(20)27)19(2)9-15-25(29)26(3,4)30/h10-11,19,22-25,28-30H,1,6-9,12-17H2,2-5H3/b20-10+,21-11+/t19?,22-,23?,24?,25+,27+/m0/s1. The maximum atomic E-state index is 10.3. The highest BCUT2D eigenvalue weighted by molar-refractivity contribution is 5.36. The summed E-state index contributed by atoms with van der Waals surface area (Å²) in [5.41, 5.74) is 3.34. The normalized spacial score (nSPS) is 37.4. The largest absolute Gasteiger partial charge is 0.393 e. The van der Waals surface area contributed by atoms with Crippen molar-refractivity contribution in [2.45, 2.75) is 110 Å². The summed E-state index contributed by atoms with van der Waals surface area (Å²) in [7, 11) is 0. The number of hydrogen-bond acceptors (Lipinski definition) is 3. The van der Waals surface area contributed by atoms with Crippen molar-refractivity contribution in [3.8, 4) is 0 Å². The predicted molar refractivity (Wildman–Crippen MR) is 124 cm³/mol. The highest BCUT2D eigenvalue weighted by Crippen LogP contribution is 2.60. The Morgan fingerprint density at radius 2 is 1.90 bits per heavy atom. The SMILES string of the molecule is C=C1CC[C@H](O)C/C1=C\C=C1/CCC[C@@]2(C)C1CCC2C(C)CC[C@@H](O)C(C)(C)O. The van der Waals surface area contributed by atoms with E-state index in [-0.39, 0.29) is 6.10 Å². The number of hydrogen-bond donors (Lipinski definition) is 3.